The molecule has 3 nitrogen and oxygen atoms in total. The average Bonchev–Trinajstić information content (AvgIpc) is 2.90. The summed E-state index contributed by atoms with van der Waals surface area (Å²) < 4.78 is 5.69. The molecule has 1 N–H and O–H groups in total. The van der Waals surface area contributed by atoms with Gasteiger partial charge in [0.2, 0.25) is 0 Å². The molecule has 2 aromatic heterocycles. The van der Waals surface area contributed by atoms with Crippen molar-refractivity contribution in [3.8, 4) is 0 Å². The van der Waals surface area contributed by atoms with Gasteiger partial charge in [-0.15, -0.1) is 0 Å². The van der Waals surface area contributed by atoms with E-state index in [1.54, 1.807) is 6.20 Å². The minimum atomic E-state index is -0.692. The van der Waals surface area contributed by atoms with Gasteiger partial charge in [-0.2, -0.15) is 0 Å². The molecule has 0 radical (unpaired) electrons. The van der Waals surface area contributed by atoms with Crippen molar-refractivity contribution in [1.29, 1.82) is 0 Å². The molecule has 96 valence electrons. The van der Waals surface area contributed by atoms with E-state index >= 15 is 0 Å². The van der Waals surface area contributed by atoms with E-state index in [2.05, 4.69) is 4.98 Å². The van der Waals surface area contributed by atoms with Crippen molar-refractivity contribution in [2.75, 3.05) is 0 Å². The van der Waals surface area contributed by atoms with Crippen molar-refractivity contribution in [2.45, 2.75) is 18.9 Å². The van der Waals surface area contributed by atoms with Crippen LogP contribution in [0.15, 0.2) is 59.1 Å². The Morgan fingerprint density at radius 3 is 2.63 bits per heavy atom. The SMILES string of the molecule is CC(c1ccccn1)C(O)c1cc2ccccc2o1. The summed E-state index contributed by atoms with van der Waals surface area (Å²) in [6.07, 6.45) is 1.04. The monoisotopic (exact) mass is 253 g/mol. The van der Waals surface area contributed by atoms with E-state index in [1.165, 1.54) is 0 Å². The smallest absolute Gasteiger partial charge is 0.134 e. The van der Waals surface area contributed by atoms with Crippen molar-refractivity contribution < 1.29 is 9.52 Å². The van der Waals surface area contributed by atoms with Gasteiger partial charge in [0.05, 0.1) is 0 Å². The molecule has 0 amide bonds. The second-order valence-electron chi connectivity index (χ2n) is 4.67. The van der Waals surface area contributed by atoms with Gasteiger partial charge in [0.25, 0.3) is 0 Å². The van der Waals surface area contributed by atoms with Gasteiger partial charge >= 0.3 is 0 Å². The first-order valence-corrected chi connectivity index (χ1v) is 6.33. The highest BCUT2D eigenvalue weighted by Gasteiger charge is 2.22. The van der Waals surface area contributed by atoms with Crippen LogP contribution in [0, 0.1) is 0 Å². The minimum absolute atomic E-state index is 0.109. The summed E-state index contributed by atoms with van der Waals surface area (Å²) in [5, 5.41) is 11.4. The van der Waals surface area contributed by atoms with Gasteiger partial charge in [0.1, 0.15) is 17.4 Å². The van der Waals surface area contributed by atoms with Gasteiger partial charge < -0.3 is 9.52 Å². The highest BCUT2D eigenvalue weighted by Crippen LogP contribution is 2.32. The molecular formula is C16H15NO2. The van der Waals surface area contributed by atoms with Crippen LogP contribution in [0.3, 0.4) is 0 Å². The van der Waals surface area contributed by atoms with Gasteiger partial charge in [-0.25, -0.2) is 0 Å². The van der Waals surface area contributed by atoms with E-state index in [0.717, 1.165) is 16.7 Å². The molecule has 3 aromatic rings. The second-order valence-corrected chi connectivity index (χ2v) is 4.67. The van der Waals surface area contributed by atoms with E-state index in [1.807, 2.05) is 55.5 Å². The molecule has 3 rings (SSSR count). The average molecular weight is 253 g/mol. The molecule has 0 fully saturated rings. The van der Waals surface area contributed by atoms with Crippen LogP contribution < -0.4 is 0 Å². The first-order chi connectivity index (χ1) is 9.25. The van der Waals surface area contributed by atoms with Crippen LogP contribution >= 0.6 is 0 Å². The third-order valence-electron chi connectivity index (χ3n) is 3.36. The van der Waals surface area contributed by atoms with Crippen LogP contribution in [0.25, 0.3) is 11.0 Å². The topological polar surface area (TPSA) is 46.3 Å². The maximum absolute atomic E-state index is 10.4. The Labute approximate surface area is 111 Å². The first kappa shape index (κ1) is 11.9. The number of furan rings is 1. The van der Waals surface area contributed by atoms with Crippen molar-refractivity contribution in [1.82, 2.24) is 4.98 Å². The van der Waals surface area contributed by atoms with E-state index in [0.29, 0.717) is 5.76 Å². The maximum atomic E-state index is 10.4. The van der Waals surface area contributed by atoms with Crippen LogP contribution in [0.2, 0.25) is 0 Å². The number of rotatable bonds is 3. The zero-order chi connectivity index (χ0) is 13.2. The Hall–Kier alpha value is -2.13. The summed E-state index contributed by atoms with van der Waals surface area (Å²) >= 11 is 0. The Morgan fingerprint density at radius 1 is 1.11 bits per heavy atom. The van der Waals surface area contributed by atoms with Gasteiger partial charge in [-0.1, -0.05) is 31.2 Å². The highest BCUT2D eigenvalue weighted by atomic mass is 16.4. The number of para-hydroxylation sites is 1. The summed E-state index contributed by atoms with van der Waals surface area (Å²) in [6, 6.07) is 15.3. The number of hydrogen-bond donors (Lipinski definition) is 1. The molecule has 0 aliphatic carbocycles. The lowest BCUT2D eigenvalue weighted by Gasteiger charge is -2.15. The molecule has 2 atom stereocenters. The molecule has 2 heterocycles. The molecule has 0 aliphatic rings. The number of hydrogen-bond acceptors (Lipinski definition) is 3. The van der Waals surface area contributed by atoms with E-state index in [9.17, 15) is 5.11 Å². The number of fused-ring (bicyclic) bond motifs is 1. The first-order valence-electron chi connectivity index (χ1n) is 6.33. The standard InChI is InChI=1S/C16H15NO2/c1-11(13-7-4-5-9-17-13)16(18)15-10-12-6-2-3-8-14(12)19-15/h2-11,16,18H,1H3. The number of nitrogens with zero attached hydrogens (tertiary/aromatic N) is 1. The van der Waals surface area contributed by atoms with E-state index in [4.69, 9.17) is 4.42 Å². The maximum Gasteiger partial charge on any atom is 0.134 e. The molecule has 0 saturated carbocycles. The summed E-state index contributed by atoms with van der Waals surface area (Å²) in [5.41, 5.74) is 1.65. The van der Waals surface area contributed by atoms with Crippen molar-refractivity contribution in [3.63, 3.8) is 0 Å². The fourth-order valence-electron chi connectivity index (χ4n) is 2.20. The number of aliphatic hydroxyl groups excluding tert-OH is 1. The van der Waals surface area contributed by atoms with Crippen molar-refractivity contribution in [2.24, 2.45) is 0 Å². The molecule has 1 aromatic carbocycles. The largest absolute Gasteiger partial charge is 0.458 e. The lowest BCUT2D eigenvalue weighted by atomic mass is 9.98. The molecular weight excluding hydrogens is 238 g/mol. The van der Waals surface area contributed by atoms with Crippen LogP contribution in [0.5, 0.6) is 0 Å². The summed E-state index contributed by atoms with van der Waals surface area (Å²) in [7, 11) is 0. The fourth-order valence-corrected chi connectivity index (χ4v) is 2.20. The molecule has 0 spiro atoms. The summed E-state index contributed by atoms with van der Waals surface area (Å²) in [4.78, 5) is 4.28. The van der Waals surface area contributed by atoms with Crippen LogP contribution in [0.1, 0.15) is 30.4 Å². The summed E-state index contributed by atoms with van der Waals surface area (Å²) in [5.74, 6) is 0.473. The van der Waals surface area contributed by atoms with Crippen LogP contribution in [0.4, 0.5) is 0 Å². The Bertz CT molecular complexity index is 642. The minimum Gasteiger partial charge on any atom is -0.458 e. The Balaban J connectivity index is 1.93. The van der Waals surface area contributed by atoms with Crippen molar-refractivity contribution in [3.05, 3.63) is 66.2 Å². The number of aromatic nitrogens is 1. The molecule has 0 aliphatic heterocycles. The molecule has 19 heavy (non-hydrogen) atoms. The molecule has 0 saturated heterocycles. The summed E-state index contributed by atoms with van der Waals surface area (Å²) in [6.45, 7) is 1.94. The quantitative estimate of drug-likeness (QED) is 0.774. The second kappa shape index (κ2) is 4.86. The highest BCUT2D eigenvalue weighted by molar-refractivity contribution is 5.77. The molecule has 2 unspecified atom stereocenters. The zero-order valence-corrected chi connectivity index (χ0v) is 10.7. The van der Waals surface area contributed by atoms with Gasteiger partial charge in [-0.3, -0.25) is 4.98 Å². The van der Waals surface area contributed by atoms with Gasteiger partial charge in [0, 0.05) is 23.2 Å². The Morgan fingerprint density at radius 2 is 1.89 bits per heavy atom. The third-order valence-corrected chi connectivity index (χ3v) is 3.36. The normalized spacial score (nSPS) is 14.4. The van der Waals surface area contributed by atoms with Crippen molar-refractivity contribution >= 4 is 11.0 Å². The lowest BCUT2D eigenvalue weighted by molar-refractivity contribution is 0.126. The number of aliphatic hydroxyl groups is 1. The van der Waals surface area contributed by atoms with Crippen LogP contribution in [-0.2, 0) is 0 Å². The van der Waals surface area contributed by atoms with Gasteiger partial charge in [-0.05, 0) is 24.3 Å². The fraction of sp³-hybridized carbons (Fsp3) is 0.188. The van der Waals surface area contributed by atoms with Crippen LogP contribution in [-0.4, -0.2) is 10.1 Å². The van der Waals surface area contributed by atoms with Gasteiger partial charge in [0.15, 0.2) is 0 Å². The predicted octanol–water partition coefficient (Wildman–Crippen LogP) is 3.66. The lowest BCUT2D eigenvalue weighted by Crippen LogP contribution is -2.08. The molecule has 0 bridgehead atoms. The molecule has 3 heteroatoms. The Kier molecular flexibility index (Phi) is 3.05. The number of pyridine rings is 1. The zero-order valence-electron chi connectivity index (χ0n) is 10.7. The van der Waals surface area contributed by atoms with E-state index < -0.39 is 6.10 Å². The van der Waals surface area contributed by atoms with E-state index in [-0.39, 0.29) is 5.92 Å². The predicted molar refractivity (Wildman–Crippen MR) is 73.8 cm³/mol. The number of benzene rings is 1. The third kappa shape index (κ3) is 2.25.